The Morgan fingerprint density at radius 2 is 2.24 bits per heavy atom. The lowest BCUT2D eigenvalue weighted by Gasteiger charge is -2.01. The van der Waals surface area contributed by atoms with Crippen LogP contribution in [0.4, 0.5) is 4.39 Å². The highest BCUT2D eigenvalue weighted by atomic mass is 79.9. The van der Waals surface area contributed by atoms with Gasteiger partial charge in [-0.05, 0) is 30.7 Å². The molecular weight excluding hydrogens is 305 g/mol. The molecule has 1 aromatic heterocycles. The van der Waals surface area contributed by atoms with Gasteiger partial charge >= 0.3 is 0 Å². The molecule has 1 heterocycles. The summed E-state index contributed by atoms with van der Waals surface area (Å²) in [7, 11) is 0. The van der Waals surface area contributed by atoms with Crippen LogP contribution in [0.1, 0.15) is 20.9 Å². The summed E-state index contributed by atoms with van der Waals surface area (Å²) in [6, 6.07) is 4.49. The molecule has 0 aliphatic rings. The summed E-state index contributed by atoms with van der Waals surface area (Å²) in [6.45, 7) is 1.80. The van der Waals surface area contributed by atoms with Gasteiger partial charge < -0.3 is 0 Å². The monoisotopic (exact) mass is 313 g/mol. The number of ketones is 1. The first kappa shape index (κ1) is 12.4. The molecule has 0 atom stereocenters. The molecular formula is C12H9BrFNOS. The normalized spacial score (nSPS) is 10.5. The maximum atomic E-state index is 13.1. The zero-order chi connectivity index (χ0) is 12.4. The topological polar surface area (TPSA) is 30.0 Å². The highest BCUT2D eigenvalue weighted by Gasteiger charge is 2.13. The van der Waals surface area contributed by atoms with Crippen LogP contribution in [-0.4, -0.2) is 10.8 Å². The first-order valence-electron chi connectivity index (χ1n) is 4.94. The van der Waals surface area contributed by atoms with Crippen molar-refractivity contribution in [2.75, 3.05) is 0 Å². The molecule has 0 radical (unpaired) electrons. The first-order chi connectivity index (χ1) is 8.06. The van der Waals surface area contributed by atoms with Crippen LogP contribution in [0.15, 0.2) is 28.2 Å². The summed E-state index contributed by atoms with van der Waals surface area (Å²) in [4.78, 5) is 16.6. The predicted octanol–water partition coefficient (Wildman–Crippen LogP) is 3.78. The number of aromatic nitrogens is 1. The van der Waals surface area contributed by atoms with E-state index < -0.39 is 0 Å². The van der Waals surface area contributed by atoms with Crippen molar-refractivity contribution in [1.82, 2.24) is 4.98 Å². The van der Waals surface area contributed by atoms with Gasteiger partial charge in [0.2, 0.25) is 0 Å². The standard InChI is InChI=1S/C12H9BrFNOS/c1-7-12(17-6-15-7)11(16)4-8-2-9(13)5-10(14)3-8/h2-3,5-6H,4H2,1H3. The summed E-state index contributed by atoms with van der Waals surface area (Å²) in [6.07, 6.45) is 0.194. The molecule has 5 heteroatoms. The quantitative estimate of drug-likeness (QED) is 0.807. The zero-order valence-electron chi connectivity index (χ0n) is 9.04. The summed E-state index contributed by atoms with van der Waals surface area (Å²) < 4.78 is 13.8. The third-order valence-corrected chi connectivity index (χ3v) is 3.71. The fraction of sp³-hybridized carbons (Fsp3) is 0.167. The zero-order valence-corrected chi connectivity index (χ0v) is 11.4. The van der Waals surface area contributed by atoms with E-state index in [2.05, 4.69) is 20.9 Å². The molecule has 0 unspecified atom stereocenters. The Morgan fingerprint density at radius 1 is 1.47 bits per heavy atom. The minimum Gasteiger partial charge on any atom is -0.293 e. The van der Waals surface area contributed by atoms with Gasteiger partial charge in [-0.2, -0.15) is 0 Å². The van der Waals surface area contributed by atoms with Crippen LogP contribution >= 0.6 is 27.3 Å². The lowest BCUT2D eigenvalue weighted by atomic mass is 10.1. The number of thiazole rings is 1. The number of carbonyl (C=O) groups excluding carboxylic acids is 1. The molecule has 2 nitrogen and oxygen atoms in total. The van der Waals surface area contributed by atoms with Crippen molar-refractivity contribution in [2.45, 2.75) is 13.3 Å². The molecule has 0 N–H and O–H groups in total. The van der Waals surface area contributed by atoms with Crippen LogP contribution in [0.5, 0.6) is 0 Å². The molecule has 2 aromatic rings. The van der Waals surface area contributed by atoms with Crippen LogP contribution in [0, 0.1) is 12.7 Å². The van der Waals surface area contributed by atoms with Crippen molar-refractivity contribution < 1.29 is 9.18 Å². The second-order valence-corrected chi connectivity index (χ2v) is 5.41. The molecule has 0 amide bonds. The number of aryl methyl sites for hydroxylation is 1. The molecule has 0 saturated carbocycles. The Kier molecular flexibility index (Phi) is 3.69. The highest BCUT2D eigenvalue weighted by Crippen LogP contribution is 2.19. The van der Waals surface area contributed by atoms with Crippen molar-refractivity contribution >= 4 is 33.0 Å². The van der Waals surface area contributed by atoms with Gasteiger partial charge in [0, 0.05) is 10.9 Å². The van der Waals surface area contributed by atoms with Crippen molar-refractivity contribution in [2.24, 2.45) is 0 Å². The van der Waals surface area contributed by atoms with E-state index in [1.807, 2.05) is 0 Å². The van der Waals surface area contributed by atoms with E-state index >= 15 is 0 Å². The minimum atomic E-state index is -0.344. The second-order valence-electron chi connectivity index (χ2n) is 3.64. The molecule has 0 saturated heterocycles. The van der Waals surface area contributed by atoms with E-state index in [1.165, 1.54) is 23.5 Å². The number of benzene rings is 1. The lowest BCUT2D eigenvalue weighted by molar-refractivity contribution is 0.0996. The number of nitrogens with zero attached hydrogens (tertiary/aromatic N) is 1. The van der Waals surface area contributed by atoms with E-state index in [-0.39, 0.29) is 18.0 Å². The fourth-order valence-corrected chi connectivity index (χ4v) is 2.80. The van der Waals surface area contributed by atoms with Gasteiger partial charge in [0.05, 0.1) is 16.1 Å². The van der Waals surface area contributed by atoms with Crippen molar-refractivity contribution in [3.05, 3.63) is 50.1 Å². The average molecular weight is 314 g/mol. The molecule has 88 valence electrons. The van der Waals surface area contributed by atoms with E-state index in [0.29, 0.717) is 14.9 Å². The van der Waals surface area contributed by atoms with Gasteiger partial charge in [0.25, 0.3) is 0 Å². The summed E-state index contributed by atoms with van der Waals surface area (Å²) in [5.74, 6) is -0.370. The number of Topliss-reactive ketones (excluding diaryl/α,β-unsaturated/α-hetero) is 1. The van der Waals surface area contributed by atoms with Crippen LogP contribution in [0.2, 0.25) is 0 Å². The van der Waals surface area contributed by atoms with Gasteiger partial charge in [-0.15, -0.1) is 11.3 Å². The highest BCUT2D eigenvalue weighted by molar-refractivity contribution is 9.10. The van der Waals surface area contributed by atoms with E-state index in [9.17, 15) is 9.18 Å². The number of rotatable bonds is 3. The van der Waals surface area contributed by atoms with Crippen LogP contribution in [0.25, 0.3) is 0 Å². The Balaban J connectivity index is 2.21. The second kappa shape index (κ2) is 5.06. The van der Waals surface area contributed by atoms with E-state index in [1.54, 1.807) is 18.5 Å². The number of hydrogen-bond donors (Lipinski definition) is 0. The molecule has 0 spiro atoms. The molecule has 0 aliphatic carbocycles. The average Bonchev–Trinajstić information content (AvgIpc) is 2.62. The SMILES string of the molecule is Cc1ncsc1C(=O)Cc1cc(F)cc(Br)c1. The third-order valence-electron chi connectivity index (χ3n) is 2.29. The maximum Gasteiger partial charge on any atom is 0.179 e. The lowest BCUT2D eigenvalue weighted by Crippen LogP contribution is -2.03. The van der Waals surface area contributed by atoms with Crippen LogP contribution < -0.4 is 0 Å². The van der Waals surface area contributed by atoms with E-state index in [0.717, 1.165) is 5.69 Å². The molecule has 0 aliphatic heterocycles. The number of carbonyl (C=O) groups is 1. The third kappa shape index (κ3) is 2.98. The molecule has 17 heavy (non-hydrogen) atoms. The molecule has 0 fully saturated rings. The van der Waals surface area contributed by atoms with Gasteiger partial charge in [-0.1, -0.05) is 15.9 Å². The van der Waals surface area contributed by atoms with Crippen LogP contribution in [-0.2, 0) is 6.42 Å². The maximum absolute atomic E-state index is 13.1. The van der Waals surface area contributed by atoms with Gasteiger partial charge in [-0.25, -0.2) is 9.37 Å². The Labute approximate surface area is 111 Å². The Bertz CT molecular complexity index is 547. The summed E-state index contributed by atoms with van der Waals surface area (Å²) in [5, 5.41) is 0. The number of hydrogen-bond acceptors (Lipinski definition) is 3. The van der Waals surface area contributed by atoms with Gasteiger partial charge in [-0.3, -0.25) is 4.79 Å². The predicted molar refractivity (Wildman–Crippen MR) is 69.0 cm³/mol. The van der Waals surface area contributed by atoms with Crippen molar-refractivity contribution in [1.29, 1.82) is 0 Å². The largest absolute Gasteiger partial charge is 0.293 e. The first-order valence-corrected chi connectivity index (χ1v) is 6.62. The van der Waals surface area contributed by atoms with Crippen molar-refractivity contribution in [3.8, 4) is 0 Å². The summed E-state index contributed by atoms with van der Waals surface area (Å²) in [5.41, 5.74) is 3.04. The summed E-state index contributed by atoms with van der Waals surface area (Å²) >= 11 is 4.52. The molecule has 1 aromatic carbocycles. The molecule has 2 rings (SSSR count). The smallest absolute Gasteiger partial charge is 0.179 e. The van der Waals surface area contributed by atoms with Crippen LogP contribution in [0.3, 0.4) is 0 Å². The molecule has 0 bridgehead atoms. The van der Waals surface area contributed by atoms with Gasteiger partial charge in [0.1, 0.15) is 5.82 Å². The van der Waals surface area contributed by atoms with Crippen molar-refractivity contribution in [3.63, 3.8) is 0 Å². The van der Waals surface area contributed by atoms with E-state index in [4.69, 9.17) is 0 Å². The van der Waals surface area contributed by atoms with Gasteiger partial charge in [0.15, 0.2) is 5.78 Å². The minimum absolute atomic E-state index is 0.0255. The fourth-order valence-electron chi connectivity index (χ4n) is 1.55. The Morgan fingerprint density at radius 3 is 2.82 bits per heavy atom. The Hall–Kier alpha value is -1.07. The number of halogens is 2.